The highest BCUT2D eigenvalue weighted by Gasteiger charge is 2.16. The van der Waals surface area contributed by atoms with Gasteiger partial charge in [0.15, 0.2) is 0 Å². The van der Waals surface area contributed by atoms with Crippen LogP contribution in [-0.4, -0.2) is 28.8 Å². The van der Waals surface area contributed by atoms with Gasteiger partial charge in [0, 0.05) is 18.8 Å². The van der Waals surface area contributed by atoms with Crippen molar-refractivity contribution in [1.29, 1.82) is 0 Å². The molecule has 1 aliphatic carbocycles. The maximum Gasteiger partial charge on any atom is 0.254 e. The van der Waals surface area contributed by atoms with E-state index in [-0.39, 0.29) is 5.91 Å². The standard InChI is InChI=1S/C16H28N4O/c1-13-15(12-19-20(13)11-5-9-17)16(21)18-10-8-14-6-3-2-4-7-14/h12,14H,2-11,17H2,1H3,(H,18,21). The van der Waals surface area contributed by atoms with Gasteiger partial charge >= 0.3 is 0 Å². The Bertz CT molecular complexity index is 449. The molecule has 1 fully saturated rings. The second kappa shape index (κ2) is 8.17. The summed E-state index contributed by atoms with van der Waals surface area (Å²) in [5, 5.41) is 7.31. The zero-order chi connectivity index (χ0) is 15.1. The van der Waals surface area contributed by atoms with Crippen molar-refractivity contribution in [3.63, 3.8) is 0 Å². The van der Waals surface area contributed by atoms with Crippen molar-refractivity contribution in [3.8, 4) is 0 Å². The average molecular weight is 292 g/mol. The fourth-order valence-electron chi connectivity index (χ4n) is 3.10. The lowest BCUT2D eigenvalue weighted by atomic mass is 9.87. The minimum atomic E-state index is 0.00214. The van der Waals surface area contributed by atoms with Crippen molar-refractivity contribution >= 4 is 5.91 Å². The molecule has 1 aromatic heterocycles. The number of nitrogens with two attached hydrogens (primary N) is 1. The quantitative estimate of drug-likeness (QED) is 0.809. The highest BCUT2D eigenvalue weighted by Crippen LogP contribution is 2.25. The molecule has 0 aromatic carbocycles. The molecule has 1 aliphatic rings. The van der Waals surface area contributed by atoms with E-state index in [2.05, 4.69) is 10.4 Å². The molecule has 0 bridgehead atoms. The van der Waals surface area contributed by atoms with Gasteiger partial charge in [-0.2, -0.15) is 5.10 Å². The number of aryl methyl sites for hydroxylation is 1. The maximum absolute atomic E-state index is 12.2. The number of hydrogen-bond donors (Lipinski definition) is 2. The van der Waals surface area contributed by atoms with E-state index in [9.17, 15) is 4.79 Å². The van der Waals surface area contributed by atoms with Crippen molar-refractivity contribution in [1.82, 2.24) is 15.1 Å². The molecule has 0 radical (unpaired) electrons. The lowest BCUT2D eigenvalue weighted by molar-refractivity contribution is 0.0949. The smallest absolute Gasteiger partial charge is 0.254 e. The summed E-state index contributed by atoms with van der Waals surface area (Å²) < 4.78 is 1.86. The highest BCUT2D eigenvalue weighted by atomic mass is 16.1. The Balaban J connectivity index is 1.78. The number of hydrogen-bond acceptors (Lipinski definition) is 3. The predicted molar refractivity (Wildman–Crippen MR) is 84.2 cm³/mol. The molecule has 2 rings (SSSR count). The molecule has 0 atom stereocenters. The molecule has 0 aliphatic heterocycles. The van der Waals surface area contributed by atoms with Crippen LogP contribution >= 0.6 is 0 Å². The summed E-state index contributed by atoms with van der Waals surface area (Å²) in [7, 11) is 0. The molecule has 21 heavy (non-hydrogen) atoms. The van der Waals surface area contributed by atoms with Gasteiger partial charge in [-0.1, -0.05) is 32.1 Å². The van der Waals surface area contributed by atoms with Crippen LogP contribution < -0.4 is 11.1 Å². The van der Waals surface area contributed by atoms with E-state index < -0.39 is 0 Å². The number of carbonyl (C=O) groups is 1. The van der Waals surface area contributed by atoms with Gasteiger partial charge < -0.3 is 11.1 Å². The van der Waals surface area contributed by atoms with Crippen LogP contribution in [0.1, 0.15) is 61.0 Å². The molecule has 0 spiro atoms. The van der Waals surface area contributed by atoms with Crippen molar-refractivity contribution in [3.05, 3.63) is 17.5 Å². The van der Waals surface area contributed by atoms with Gasteiger partial charge in [0.1, 0.15) is 0 Å². The fraction of sp³-hybridized carbons (Fsp3) is 0.750. The Morgan fingerprint density at radius 1 is 1.43 bits per heavy atom. The fourth-order valence-corrected chi connectivity index (χ4v) is 3.10. The van der Waals surface area contributed by atoms with E-state index >= 15 is 0 Å². The average Bonchev–Trinajstić information content (AvgIpc) is 2.87. The molecule has 118 valence electrons. The number of amides is 1. The molecule has 0 saturated heterocycles. The molecule has 3 N–H and O–H groups in total. The first-order valence-corrected chi connectivity index (χ1v) is 8.23. The number of aromatic nitrogens is 2. The Kier molecular flexibility index (Phi) is 6.23. The first-order valence-electron chi connectivity index (χ1n) is 8.23. The summed E-state index contributed by atoms with van der Waals surface area (Å²) in [4.78, 5) is 12.2. The van der Waals surface area contributed by atoms with Crippen LogP contribution in [0.2, 0.25) is 0 Å². The highest BCUT2D eigenvalue weighted by molar-refractivity contribution is 5.94. The van der Waals surface area contributed by atoms with E-state index in [1.54, 1.807) is 6.20 Å². The number of carbonyl (C=O) groups excluding carboxylic acids is 1. The van der Waals surface area contributed by atoms with Gasteiger partial charge in [0.2, 0.25) is 0 Å². The Morgan fingerprint density at radius 3 is 2.90 bits per heavy atom. The zero-order valence-electron chi connectivity index (χ0n) is 13.1. The van der Waals surface area contributed by atoms with Gasteiger partial charge in [0.05, 0.1) is 11.8 Å². The third-order valence-corrected chi connectivity index (χ3v) is 4.48. The molecule has 1 aromatic rings. The largest absolute Gasteiger partial charge is 0.352 e. The van der Waals surface area contributed by atoms with Crippen LogP contribution in [0.25, 0.3) is 0 Å². The first-order chi connectivity index (χ1) is 10.2. The normalized spacial score (nSPS) is 16.1. The number of nitrogens with zero attached hydrogens (tertiary/aromatic N) is 2. The van der Waals surface area contributed by atoms with Crippen LogP contribution in [-0.2, 0) is 6.54 Å². The SMILES string of the molecule is Cc1c(C(=O)NCCC2CCCCC2)cnn1CCCN. The Hall–Kier alpha value is -1.36. The summed E-state index contributed by atoms with van der Waals surface area (Å²) in [5.41, 5.74) is 7.13. The van der Waals surface area contributed by atoms with E-state index in [1.165, 1.54) is 32.1 Å². The molecule has 1 amide bonds. The first kappa shape index (κ1) is 16.0. The minimum Gasteiger partial charge on any atom is -0.352 e. The van der Waals surface area contributed by atoms with E-state index in [1.807, 2.05) is 11.6 Å². The lowest BCUT2D eigenvalue weighted by Gasteiger charge is -2.21. The van der Waals surface area contributed by atoms with Crippen molar-refractivity contribution < 1.29 is 4.79 Å². The Labute approximate surface area is 127 Å². The predicted octanol–water partition coefficient (Wildman–Crippen LogP) is 2.24. The number of nitrogens with one attached hydrogen (secondary N) is 1. The second-order valence-corrected chi connectivity index (χ2v) is 6.06. The second-order valence-electron chi connectivity index (χ2n) is 6.06. The monoisotopic (exact) mass is 292 g/mol. The molecule has 5 nitrogen and oxygen atoms in total. The van der Waals surface area contributed by atoms with Gasteiger partial charge in [0.25, 0.3) is 5.91 Å². The van der Waals surface area contributed by atoms with E-state index in [0.29, 0.717) is 12.1 Å². The van der Waals surface area contributed by atoms with E-state index in [4.69, 9.17) is 5.73 Å². The van der Waals surface area contributed by atoms with Crippen molar-refractivity contribution in [2.45, 2.75) is 58.4 Å². The zero-order valence-corrected chi connectivity index (χ0v) is 13.1. The molecular weight excluding hydrogens is 264 g/mol. The summed E-state index contributed by atoms with van der Waals surface area (Å²) in [6.07, 6.45) is 10.4. The molecule has 5 heteroatoms. The molecule has 0 unspecified atom stereocenters. The third kappa shape index (κ3) is 4.56. The molecule has 1 saturated carbocycles. The van der Waals surface area contributed by atoms with Crippen molar-refractivity contribution in [2.24, 2.45) is 11.7 Å². The Morgan fingerprint density at radius 2 is 2.19 bits per heavy atom. The van der Waals surface area contributed by atoms with Crippen molar-refractivity contribution in [2.75, 3.05) is 13.1 Å². The summed E-state index contributed by atoms with van der Waals surface area (Å²) in [6, 6.07) is 0. The summed E-state index contributed by atoms with van der Waals surface area (Å²) in [5.74, 6) is 0.801. The van der Waals surface area contributed by atoms with Crippen LogP contribution in [0.3, 0.4) is 0 Å². The van der Waals surface area contributed by atoms with Gasteiger partial charge in [-0.15, -0.1) is 0 Å². The van der Waals surface area contributed by atoms with Gasteiger partial charge in [-0.3, -0.25) is 9.48 Å². The van der Waals surface area contributed by atoms with Crippen LogP contribution in [0.4, 0.5) is 0 Å². The summed E-state index contributed by atoms with van der Waals surface area (Å²) >= 11 is 0. The number of rotatable bonds is 7. The topological polar surface area (TPSA) is 72.9 Å². The van der Waals surface area contributed by atoms with Gasteiger partial charge in [-0.05, 0) is 32.2 Å². The third-order valence-electron chi connectivity index (χ3n) is 4.48. The van der Waals surface area contributed by atoms with Crippen LogP contribution in [0.15, 0.2) is 6.20 Å². The van der Waals surface area contributed by atoms with Crippen LogP contribution in [0, 0.1) is 12.8 Å². The maximum atomic E-state index is 12.2. The lowest BCUT2D eigenvalue weighted by Crippen LogP contribution is -2.26. The van der Waals surface area contributed by atoms with E-state index in [0.717, 1.165) is 37.5 Å². The summed E-state index contributed by atoms with van der Waals surface area (Å²) in [6.45, 7) is 4.14. The molecular formula is C16H28N4O. The molecule has 1 heterocycles. The minimum absolute atomic E-state index is 0.00214. The van der Waals surface area contributed by atoms with Gasteiger partial charge in [-0.25, -0.2) is 0 Å². The van der Waals surface area contributed by atoms with Crippen LogP contribution in [0.5, 0.6) is 0 Å².